The SMILES string of the molecule is CC(C)(C)c1ccc2c(Cl)nn(C(F)F)c2c1. The van der Waals surface area contributed by atoms with Gasteiger partial charge in [-0.25, -0.2) is 4.68 Å². The van der Waals surface area contributed by atoms with E-state index in [0.29, 0.717) is 15.6 Å². The minimum Gasteiger partial charge on any atom is -0.202 e. The van der Waals surface area contributed by atoms with Gasteiger partial charge in [-0.15, -0.1) is 0 Å². The van der Waals surface area contributed by atoms with Gasteiger partial charge in [-0.3, -0.25) is 0 Å². The maximum absolute atomic E-state index is 12.8. The number of halogens is 3. The summed E-state index contributed by atoms with van der Waals surface area (Å²) in [7, 11) is 0. The van der Waals surface area contributed by atoms with Crippen LogP contribution in [0, 0.1) is 0 Å². The molecule has 5 heteroatoms. The Morgan fingerprint density at radius 3 is 2.47 bits per heavy atom. The van der Waals surface area contributed by atoms with Crippen LogP contribution in [-0.4, -0.2) is 9.78 Å². The molecule has 0 bridgehead atoms. The molecule has 1 aromatic heterocycles. The summed E-state index contributed by atoms with van der Waals surface area (Å²) in [6.45, 7) is 3.40. The molecule has 17 heavy (non-hydrogen) atoms. The molecule has 2 aromatic rings. The average molecular weight is 259 g/mol. The summed E-state index contributed by atoms with van der Waals surface area (Å²) >= 11 is 5.82. The molecule has 0 atom stereocenters. The lowest BCUT2D eigenvalue weighted by molar-refractivity contribution is 0.0615. The molecule has 2 rings (SSSR count). The third-order valence-corrected chi connectivity index (χ3v) is 2.99. The third-order valence-electron chi connectivity index (χ3n) is 2.71. The van der Waals surface area contributed by atoms with Gasteiger partial charge in [0.25, 0.3) is 0 Å². The van der Waals surface area contributed by atoms with E-state index >= 15 is 0 Å². The molecule has 1 heterocycles. The van der Waals surface area contributed by atoms with Crippen LogP contribution in [0.5, 0.6) is 0 Å². The molecular weight excluding hydrogens is 246 g/mol. The molecule has 0 N–H and O–H groups in total. The van der Waals surface area contributed by atoms with Crippen molar-refractivity contribution in [3.05, 3.63) is 28.9 Å². The van der Waals surface area contributed by atoms with Gasteiger partial charge in [-0.1, -0.05) is 38.4 Å². The summed E-state index contributed by atoms with van der Waals surface area (Å²) in [5, 5.41) is 4.31. The lowest BCUT2D eigenvalue weighted by Crippen LogP contribution is -2.11. The van der Waals surface area contributed by atoms with E-state index < -0.39 is 6.55 Å². The summed E-state index contributed by atoms with van der Waals surface area (Å²) in [6, 6.07) is 5.36. The molecule has 0 saturated carbocycles. The molecule has 0 aliphatic rings. The van der Waals surface area contributed by atoms with E-state index in [1.54, 1.807) is 12.1 Å². The predicted octanol–water partition coefficient (Wildman–Crippen LogP) is 4.38. The lowest BCUT2D eigenvalue weighted by Gasteiger charge is -2.19. The molecule has 0 fully saturated rings. The topological polar surface area (TPSA) is 17.8 Å². The minimum absolute atomic E-state index is 0.0993. The number of benzene rings is 1. The number of alkyl halides is 2. The first kappa shape index (κ1) is 12.3. The molecule has 0 radical (unpaired) electrons. The first-order valence-electron chi connectivity index (χ1n) is 5.27. The lowest BCUT2D eigenvalue weighted by atomic mass is 9.87. The molecule has 0 unspecified atom stereocenters. The second kappa shape index (κ2) is 3.95. The standard InChI is InChI=1S/C12H13ClF2N2/c1-12(2,3)7-4-5-8-9(6-7)17(11(14)15)16-10(8)13/h4-6,11H,1-3H3. The van der Waals surface area contributed by atoms with Crippen molar-refractivity contribution in [2.24, 2.45) is 0 Å². The maximum atomic E-state index is 12.8. The molecule has 92 valence electrons. The van der Waals surface area contributed by atoms with Crippen LogP contribution < -0.4 is 0 Å². The Balaban J connectivity index is 2.71. The number of fused-ring (bicyclic) bond motifs is 1. The van der Waals surface area contributed by atoms with E-state index in [4.69, 9.17) is 11.6 Å². The van der Waals surface area contributed by atoms with Crippen LogP contribution >= 0.6 is 11.6 Å². The summed E-state index contributed by atoms with van der Waals surface area (Å²) in [6.07, 6.45) is 0. The highest BCUT2D eigenvalue weighted by molar-refractivity contribution is 6.34. The number of aromatic nitrogens is 2. The van der Waals surface area contributed by atoms with Crippen molar-refractivity contribution in [2.45, 2.75) is 32.7 Å². The number of rotatable bonds is 1. The van der Waals surface area contributed by atoms with Gasteiger partial charge in [-0.05, 0) is 23.1 Å². The van der Waals surface area contributed by atoms with Gasteiger partial charge in [0.15, 0.2) is 5.15 Å². The highest BCUT2D eigenvalue weighted by atomic mass is 35.5. The van der Waals surface area contributed by atoms with E-state index in [9.17, 15) is 8.78 Å². The number of hydrogen-bond acceptors (Lipinski definition) is 1. The van der Waals surface area contributed by atoms with Gasteiger partial charge in [-0.2, -0.15) is 13.9 Å². The number of hydrogen-bond donors (Lipinski definition) is 0. The van der Waals surface area contributed by atoms with Crippen molar-refractivity contribution >= 4 is 22.5 Å². The van der Waals surface area contributed by atoms with Crippen molar-refractivity contribution < 1.29 is 8.78 Å². The highest BCUT2D eigenvalue weighted by Gasteiger charge is 2.19. The molecule has 0 aliphatic carbocycles. The van der Waals surface area contributed by atoms with E-state index in [0.717, 1.165) is 5.56 Å². The largest absolute Gasteiger partial charge is 0.333 e. The Hall–Kier alpha value is -1.16. The fourth-order valence-corrected chi connectivity index (χ4v) is 1.95. The Bertz CT molecular complexity index is 555. The Morgan fingerprint density at radius 1 is 1.29 bits per heavy atom. The third kappa shape index (κ3) is 2.14. The summed E-state index contributed by atoms with van der Waals surface area (Å²) in [5.41, 5.74) is 1.25. The molecule has 2 nitrogen and oxygen atoms in total. The number of nitrogens with zero attached hydrogens (tertiary/aromatic N) is 2. The molecule has 0 amide bonds. The maximum Gasteiger partial charge on any atom is 0.333 e. The summed E-state index contributed by atoms with van der Waals surface area (Å²) in [5.74, 6) is 0. The van der Waals surface area contributed by atoms with Gasteiger partial charge in [0, 0.05) is 5.39 Å². The van der Waals surface area contributed by atoms with Crippen LogP contribution in [0.25, 0.3) is 10.9 Å². The van der Waals surface area contributed by atoms with Gasteiger partial charge in [0.05, 0.1) is 5.52 Å². The zero-order valence-corrected chi connectivity index (χ0v) is 10.6. The molecule has 0 spiro atoms. The smallest absolute Gasteiger partial charge is 0.202 e. The zero-order valence-electron chi connectivity index (χ0n) is 9.84. The van der Waals surface area contributed by atoms with Crippen LogP contribution in [0.2, 0.25) is 5.15 Å². The van der Waals surface area contributed by atoms with Crippen molar-refractivity contribution in [3.63, 3.8) is 0 Å². The van der Waals surface area contributed by atoms with Crippen molar-refractivity contribution in [1.29, 1.82) is 0 Å². The van der Waals surface area contributed by atoms with Crippen molar-refractivity contribution in [1.82, 2.24) is 9.78 Å². The van der Waals surface area contributed by atoms with Crippen LogP contribution in [0.3, 0.4) is 0 Å². The van der Waals surface area contributed by atoms with Crippen LogP contribution in [0.4, 0.5) is 8.78 Å². The molecular formula is C12H13ClF2N2. The molecule has 0 saturated heterocycles. The minimum atomic E-state index is -2.68. The van der Waals surface area contributed by atoms with E-state index in [1.807, 2.05) is 26.8 Å². The molecule has 0 aliphatic heterocycles. The van der Waals surface area contributed by atoms with Crippen LogP contribution in [0.1, 0.15) is 32.9 Å². The zero-order chi connectivity index (χ0) is 12.8. The summed E-state index contributed by atoms with van der Waals surface area (Å²) in [4.78, 5) is 0. The second-order valence-corrected chi connectivity index (χ2v) is 5.35. The van der Waals surface area contributed by atoms with Crippen molar-refractivity contribution in [2.75, 3.05) is 0 Å². The first-order valence-corrected chi connectivity index (χ1v) is 5.65. The predicted molar refractivity (Wildman–Crippen MR) is 64.7 cm³/mol. The van der Waals surface area contributed by atoms with Gasteiger partial charge in [0.1, 0.15) is 0 Å². The summed E-state index contributed by atoms with van der Waals surface area (Å²) < 4.78 is 26.2. The molecule has 1 aromatic carbocycles. The van der Waals surface area contributed by atoms with Gasteiger partial charge < -0.3 is 0 Å². The quantitative estimate of drug-likeness (QED) is 0.742. The Labute approximate surface area is 103 Å². The van der Waals surface area contributed by atoms with E-state index in [2.05, 4.69) is 5.10 Å². The first-order chi connectivity index (χ1) is 7.80. The van der Waals surface area contributed by atoms with Crippen LogP contribution in [0.15, 0.2) is 18.2 Å². The van der Waals surface area contributed by atoms with Crippen LogP contribution in [-0.2, 0) is 5.41 Å². The van der Waals surface area contributed by atoms with E-state index in [1.165, 1.54) is 0 Å². The fourth-order valence-electron chi connectivity index (χ4n) is 1.71. The second-order valence-electron chi connectivity index (χ2n) is 4.99. The van der Waals surface area contributed by atoms with E-state index in [-0.39, 0.29) is 10.6 Å². The normalized spacial score (nSPS) is 12.6. The van der Waals surface area contributed by atoms with Gasteiger partial charge in [0.2, 0.25) is 0 Å². The highest BCUT2D eigenvalue weighted by Crippen LogP contribution is 2.31. The Kier molecular flexibility index (Phi) is 2.86. The fraction of sp³-hybridized carbons (Fsp3) is 0.417. The monoisotopic (exact) mass is 258 g/mol. The van der Waals surface area contributed by atoms with Crippen molar-refractivity contribution in [3.8, 4) is 0 Å². The van der Waals surface area contributed by atoms with Gasteiger partial charge >= 0.3 is 6.55 Å². The Morgan fingerprint density at radius 2 is 1.94 bits per heavy atom. The average Bonchev–Trinajstić information content (AvgIpc) is 2.54.